The quantitative estimate of drug-likeness (QED) is 0.168. The first-order valence-electron chi connectivity index (χ1n) is 19.6. The van der Waals surface area contributed by atoms with E-state index < -0.39 is 0 Å². The molecule has 57 heavy (non-hydrogen) atoms. The van der Waals surface area contributed by atoms with Crippen molar-refractivity contribution in [3.05, 3.63) is 212 Å². The summed E-state index contributed by atoms with van der Waals surface area (Å²) >= 11 is 0. The molecule has 0 N–H and O–H groups in total. The summed E-state index contributed by atoms with van der Waals surface area (Å²) in [5.74, 6) is 0. The number of benzene rings is 9. The minimum atomic E-state index is 1.13. The minimum absolute atomic E-state index is 1.13. The molecule has 9 aromatic carbocycles. The highest BCUT2D eigenvalue weighted by atomic mass is 15.1. The van der Waals surface area contributed by atoms with Gasteiger partial charge in [0.15, 0.2) is 0 Å². The normalized spacial score (nSPS) is 11.9. The molecular formula is C54H35N3. The van der Waals surface area contributed by atoms with E-state index in [1.165, 1.54) is 87.7 Å². The van der Waals surface area contributed by atoms with Gasteiger partial charge < -0.3 is 13.7 Å². The van der Waals surface area contributed by atoms with Crippen LogP contribution in [0.5, 0.6) is 0 Å². The molecule has 12 rings (SSSR count). The Morgan fingerprint density at radius 2 is 0.684 bits per heavy atom. The first-order chi connectivity index (χ1) is 28.3. The molecule has 3 nitrogen and oxygen atoms in total. The van der Waals surface area contributed by atoms with Crippen LogP contribution in [0.4, 0.5) is 0 Å². The van der Waals surface area contributed by atoms with E-state index in [0.717, 1.165) is 17.1 Å². The van der Waals surface area contributed by atoms with Crippen molar-refractivity contribution in [1.82, 2.24) is 13.7 Å². The van der Waals surface area contributed by atoms with E-state index in [9.17, 15) is 0 Å². The van der Waals surface area contributed by atoms with Crippen LogP contribution in [0.3, 0.4) is 0 Å². The molecule has 12 aromatic rings. The first kappa shape index (κ1) is 31.7. The van der Waals surface area contributed by atoms with E-state index in [4.69, 9.17) is 0 Å². The third kappa shape index (κ3) is 4.73. The SMILES string of the molecule is c1ccc(-c2cccc(-c3cccc(-n4c5ccccc5c5c(-n6c7ccccc7c7cccc(-n8c9ccccc9c9ccccc98)c76)cccc54)c3)c2)cc1. The highest BCUT2D eigenvalue weighted by Crippen LogP contribution is 2.43. The number of hydrogen-bond acceptors (Lipinski definition) is 0. The largest absolute Gasteiger partial charge is 0.309 e. The number of rotatable bonds is 5. The molecule has 0 aliphatic rings. The summed E-state index contributed by atoms with van der Waals surface area (Å²) in [6.07, 6.45) is 0. The van der Waals surface area contributed by atoms with E-state index in [0.29, 0.717) is 0 Å². The van der Waals surface area contributed by atoms with Gasteiger partial charge in [-0.2, -0.15) is 0 Å². The summed E-state index contributed by atoms with van der Waals surface area (Å²) in [6, 6.07) is 77.4. The van der Waals surface area contributed by atoms with Crippen LogP contribution in [-0.2, 0) is 0 Å². The Kier molecular flexibility index (Phi) is 6.93. The third-order valence-electron chi connectivity index (χ3n) is 11.8. The molecule has 0 unspecified atom stereocenters. The molecule has 0 radical (unpaired) electrons. The van der Waals surface area contributed by atoms with Crippen LogP contribution in [-0.4, -0.2) is 13.7 Å². The maximum Gasteiger partial charge on any atom is 0.0782 e. The summed E-state index contributed by atoms with van der Waals surface area (Å²) < 4.78 is 7.43. The summed E-state index contributed by atoms with van der Waals surface area (Å²) in [6.45, 7) is 0. The zero-order chi connectivity index (χ0) is 37.5. The van der Waals surface area contributed by atoms with Gasteiger partial charge in [-0.3, -0.25) is 0 Å². The lowest BCUT2D eigenvalue weighted by molar-refractivity contribution is 1.14. The van der Waals surface area contributed by atoms with Crippen molar-refractivity contribution in [3.8, 4) is 39.3 Å². The van der Waals surface area contributed by atoms with Crippen molar-refractivity contribution < 1.29 is 0 Å². The molecule has 3 heteroatoms. The van der Waals surface area contributed by atoms with E-state index in [1.807, 2.05) is 0 Å². The van der Waals surface area contributed by atoms with Gasteiger partial charge in [0.2, 0.25) is 0 Å². The van der Waals surface area contributed by atoms with Gasteiger partial charge in [0.05, 0.1) is 44.5 Å². The van der Waals surface area contributed by atoms with E-state index >= 15 is 0 Å². The van der Waals surface area contributed by atoms with Gasteiger partial charge in [-0.05, 0) is 82.9 Å². The van der Waals surface area contributed by atoms with Crippen LogP contribution in [0.2, 0.25) is 0 Å². The van der Waals surface area contributed by atoms with Crippen molar-refractivity contribution >= 4 is 65.4 Å². The van der Waals surface area contributed by atoms with Crippen molar-refractivity contribution in [2.45, 2.75) is 0 Å². The predicted molar refractivity (Wildman–Crippen MR) is 240 cm³/mol. The second-order valence-corrected chi connectivity index (χ2v) is 14.9. The average Bonchev–Trinajstić information content (AvgIpc) is 3.93. The smallest absolute Gasteiger partial charge is 0.0782 e. The molecule has 0 aliphatic heterocycles. The van der Waals surface area contributed by atoms with Crippen LogP contribution in [0.25, 0.3) is 105 Å². The summed E-state index contributed by atoms with van der Waals surface area (Å²) in [7, 11) is 0. The molecule has 0 amide bonds. The molecule has 0 bridgehead atoms. The molecular weight excluding hydrogens is 691 g/mol. The summed E-state index contributed by atoms with van der Waals surface area (Å²) in [4.78, 5) is 0. The zero-order valence-electron chi connectivity index (χ0n) is 31.0. The summed E-state index contributed by atoms with van der Waals surface area (Å²) in [5.41, 5.74) is 15.4. The highest BCUT2D eigenvalue weighted by Gasteiger charge is 2.23. The van der Waals surface area contributed by atoms with Gasteiger partial charge in [0, 0.05) is 38.0 Å². The Morgan fingerprint density at radius 3 is 1.39 bits per heavy atom. The zero-order valence-corrected chi connectivity index (χ0v) is 31.0. The molecule has 266 valence electrons. The second kappa shape index (κ2) is 12.5. The van der Waals surface area contributed by atoms with Crippen molar-refractivity contribution in [2.24, 2.45) is 0 Å². The fourth-order valence-corrected chi connectivity index (χ4v) is 9.41. The van der Waals surface area contributed by atoms with Gasteiger partial charge in [-0.25, -0.2) is 0 Å². The second-order valence-electron chi connectivity index (χ2n) is 14.9. The summed E-state index contributed by atoms with van der Waals surface area (Å²) in [5, 5.41) is 7.43. The molecule has 0 saturated carbocycles. The Balaban J connectivity index is 1.13. The van der Waals surface area contributed by atoms with Crippen molar-refractivity contribution in [2.75, 3.05) is 0 Å². The molecule has 0 spiro atoms. The van der Waals surface area contributed by atoms with Crippen molar-refractivity contribution in [1.29, 1.82) is 0 Å². The lowest BCUT2D eigenvalue weighted by Crippen LogP contribution is -2.01. The van der Waals surface area contributed by atoms with Crippen LogP contribution in [0.1, 0.15) is 0 Å². The highest BCUT2D eigenvalue weighted by molar-refractivity contribution is 6.18. The molecule has 3 aromatic heterocycles. The molecule has 0 atom stereocenters. The Hall–Kier alpha value is -7.62. The fourth-order valence-electron chi connectivity index (χ4n) is 9.41. The maximum absolute atomic E-state index is 2.52. The lowest BCUT2D eigenvalue weighted by atomic mass is 9.99. The Labute approximate surface area is 329 Å². The first-order valence-corrected chi connectivity index (χ1v) is 19.6. The predicted octanol–water partition coefficient (Wildman–Crippen LogP) is 14.3. The Bertz CT molecular complexity index is 3470. The monoisotopic (exact) mass is 725 g/mol. The molecule has 0 fully saturated rings. The maximum atomic E-state index is 2.52. The average molecular weight is 726 g/mol. The van der Waals surface area contributed by atoms with Crippen molar-refractivity contribution in [3.63, 3.8) is 0 Å². The van der Waals surface area contributed by atoms with E-state index in [1.54, 1.807) is 0 Å². The standard InChI is InChI=1S/C54H35N3/c1-2-16-36(17-3-1)37-18-12-19-38(34-37)39-20-13-21-40(35-39)55-49-30-11-7-25-45(49)53-50(55)31-15-32-51(53)57-48-29-10-6-24-43(48)44-26-14-33-52(54(44)57)56-46-27-8-4-22-41(46)42-23-5-9-28-47(42)56/h1-35H. The third-order valence-corrected chi connectivity index (χ3v) is 11.8. The number of nitrogens with zero attached hydrogens (tertiary/aromatic N) is 3. The van der Waals surface area contributed by atoms with Crippen LogP contribution >= 0.6 is 0 Å². The lowest BCUT2D eigenvalue weighted by Gasteiger charge is -2.16. The van der Waals surface area contributed by atoms with Crippen LogP contribution in [0.15, 0.2) is 212 Å². The van der Waals surface area contributed by atoms with Gasteiger partial charge in [0.1, 0.15) is 0 Å². The molecule has 3 heterocycles. The topological polar surface area (TPSA) is 14.8 Å². The van der Waals surface area contributed by atoms with E-state index in [-0.39, 0.29) is 0 Å². The fraction of sp³-hybridized carbons (Fsp3) is 0. The van der Waals surface area contributed by atoms with Gasteiger partial charge in [0.25, 0.3) is 0 Å². The number of hydrogen-bond donors (Lipinski definition) is 0. The van der Waals surface area contributed by atoms with Gasteiger partial charge >= 0.3 is 0 Å². The Morgan fingerprint density at radius 1 is 0.246 bits per heavy atom. The van der Waals surface area contributed by atoms with E-state index in [2.05, 4.69) is 226 Å². The van der Waals surface area contributed by atoms with Gasteiger partial charge in [-0.15, -0.1) is 0 Å². The number of aromatic nitrogens is 3. The molecule has 0 aliphatic carbocycles. The van der Waals surface area contributed by atoms with Gasteiger partial charge in [-0.1, -0.05) is 152 Å². The molecule has 0 saturated heterocycles. The van der Waals surface area contributed by atoms with Crippen LogP contribution in [0, 0.1) is 0 Å². The number of fused-ring (bicyclic) bond motifs is 9. The number of para-hydroxylation sites is 5. The van der Waals surface area contributed by atoms with Crippen LogP contribution < -0.4 is 0 Å². The minimum Gasteiger partial charge on any atom is -0.309 e.